The van der Waals surface area contributed by atoms with Crippen molar-refractivity contribution < 1.29 is 9.53 Å². The van der Waals surface area contributed by atoms with Crippen molar-refractivity contribution in [1.29, 1.82) is 0 Å². The third-order valence-corrected chi connectivity index (χ3v) is 5.00. The van der Waals surface area contributed by atoms with Crippen molar-refractivity contribution in [3.63, 3.8) is 0 Å². The van der Waals surface area contributed by atoms with Crippen molar-refractivity contribution in [2.24, 2.45) is 0 Å². The second-order valence-electron chi connectivity index (χ2n) is 5.07. The lowest BCUT2D eigenvalue weighted by Crippen LogP contribution is -2.00. The van der Waals surface area contributed by atoms with E-state index in [-0.39, 0.29) is 11.9 Å². The number of hydrogen-bond acceptors (Lipinski definition) is 3. The van der Waals surface area contributed by atoms with Gasteiger partial charge in [-0.3, -0.25) is 0 Å². The Morgan fingerprint density at radius 1 is 1.13 bits per heavy atom. The Morgan fingerprint density at radius 3 is 2.65 bits per heavy atom. The van der Waals surface area contributed by atoms with Gasteiger partial charge < -0.3 is 4.74 Å². The number of rotatable bonds is 4. The van der Waals surface area contributed by atoms with Gasteiger partial charge in [0.1, 0.15) is 0 Å². The molecule has 0 unspecified atom stereocenters. The predicted octanol–water partition coefficient (Wildman–Crippen LogP) is 5.42. The highest BCUT2D eigenvalue weighted by Gasteiger charge is 2.16. The van der Waals surface area contributed by atoms with Gasteiger partial charge in [0.05, 0.1) is 11.4 Å². The maximum atomic E-state index is 11.5. The summed E-state index contributed by atoms with van der Waals surface area (Å²) in [6.45, 7) is 0. The zero-order valence-corrected chi connectivity index (χ0v) is 14.1. The lowest BCUT2D eigenvalue weighted by Gasteiger charge is -2.14. The summed E-state index contributed by atoms with van der Waals surface area (Å²) in [5, 5.41) is 2.34. The van der Waals surface area contributed by atoms with Crippen LogP contribution in [-0.4, -0.2) is 13.1 Å². The third-order valence-electron chi connectivity index (χ3n) is 3.68. The molecule has 0 fully saturated rings. The van der Waals surface area contributed by atoms with Gasteiger partial charge in [-0.2, -0.15) is 0 Å². The molecule has 0 spiro atoms. The van der Waals surface area contributed by atoms with E-state index in [1.165, 1.54) is 35.3 Å². The van der Waals surface area contributed by atoms with Crippen molar-refractivity contribution in [2.45, 2.75) is 5.92 Å². The number of methoxy groups -OCH3 is 1. The molecule has 4 heteroatoms. The maximum absolute atomic E-state index is 11.5. The van der Waals surface area contributed by atoms with Gasteiger partial charge in [0, 0.05) is 16.9 Å². The van der Waals surface area contributed by atoms with E-state index in [0.29, 0.717) is 0 Å². The molecule has 2 nitrogen and oxygen atoms in total. The molecule has 3 rings (SSSR count). The molecule has 0 aliphatic heterocycles. The lowest BCUT2D eigenvalue weighted by atomic mass is 9.92. The lowest BCUT2D eigenvalue weighted by molar-refractivity contribution is -0.134. The summed E-state index contributed by atoms with van der Waals surface area (Å²) in [5.74, 6) is -0.407. The number of esters is 1. The van der Waals surface area contributed by atoms with Crippen molar-refractivity contribution in [1.82, 2.24) is 0 Å². The first-order valence-corrected chi connectivity index (χ1v) is 8.37. The molecule has 1 aromatic heterocycles. The van der Waals surface area contributed by atoms with Crippen molar-refractivity contribution in [2.75, 3.05) is 7.11 Å². The molecule has 1 heterocycles. The molecule has 0 aliphatic carbocycles. The molecule has 0 amide bonds. The fraction of sp³-hybridized carbons (Fsp3) is 0.105. The number of halogens is 1. The normalized spacial score (nSPS) is 12.6. The molecule has 0 N–H and O–H groups in total. The van der Waals surface area contributed by atoms with Gasteiger partial charge in [0.15, 0.2) is 0 Å². The highest BCUT2D eigenvalue weighted by atomic mass is 35.5. The van der Waals surface area contributed by atoms with Crippen molar-refractivity contribution >= 4 is 39.7 Å². The Kier molecular flexibility index (Phi) is 4.79. The topological polar surface area (TPSA) is 26.3 Å². The number of ether oxygens (including phenoxy) is 1. The number of carbonyl (C=O) groups is 1. The van der Waals surface area contributed by atoms with E-state index in [2.05, 4.69) is 24.3 Å². The van der Waals surface area contributed by atoms with Gasteiger partial charge in [-0.1, -0.05) is 60.1 Å². The van der Waals surface area contributed by atoms with Crippen LogP contribution in [0, 0.1) is 0 Å². The molecular formula is C19H15ClO2S. The summed E-state index contributed by atoms with van der Waals surface area (Å²) in [7, 11) is 1.38. The van der Waals surface area contributed by atoms with Gasteiger partial charge in [-0.25, -0.2) is 4.79 Å². The van der Waals surface area contributed by atoms with E-state index in [1.807, 2.05) is 36.4 Å². The molecule has 3 aromatic rings. The molecule has 2 aromatic carbocycles. The Morgan fingerprint density at radius 2 is 1.91 bits per heavy atom. The summed E-state index contributed by atoms with van der Waals surface area (Å²) in [4.78, 5) is 12.6. The number of benzene rings is 2. The fourth-order valence-electron chi connectivity index (χ4n) is 2.61. The Hall–Kier alpha value is -2.10. The van der Waals surface area contributed by atoms with Gasteiger partial charge in [-0.15, -0.1) is 11.3 Å². The number of allylic oxidation sites excluding steroid dienone is 1. The van der Waals surface area contributed by atoms with Crippen LogP contribution in [0.2, 0.25) is 4.34 Å². The molecule has 0 radical (unpaired) electrons. The first-order chi connectivity index (χ1) is 11.2. The Bertz CT molecular complexity index is 861. The molecule has 0 bridgehead atoms. The minimum atomic E-state index is -0.363. The van der Waals surface area contributed by atoms with Crippen molar-refractivity contribution in [3.8, 4) is 0 Å². The quantitative estimate of drug-likeness (QED) is 0.467. The van der Waals surface area contributed by atoms with Crippen LogP contribution >= 0.6 is 22.9 Å². The standard InChI is InChI=1S/C19H15ClO2S/c1-22-19(21)12-9-16(17-10-11-18(20)23-17)15-8-4-6-13-5-2-3-7-14(13)15/h2-12,16H,1H3/b12-9+/t16-/m1/s1. The van der Waals surface area contributed by atoms with Gasteiger partial charge >= 0.3 is 5.97 Å². The molecule has 0 saturated heterocycles. The summed E-state index contributed by atoms with van der Waals surface area (Å²) < 4.78 is 5.45. The minimum absolute atomic E-state index is 0.0438. The number of thiophene rings is 1. The average molecular weight is 343 g/mol. The van der Waals surface area contributed by atoms with Crippen LogP contribution < -0.4 is 0 Å². The third kappa shape index (κ3) is 3.46. The predicted molar refractivity (Wildman–Crippen MR) is 96.3 cm³/mol. The molecule has 116 valence electrons. The molecule has 1 atom stereocenters. The second kappa shape index (κ2) is 6.99. The number of hydrogen-bond donors (Lipinski definition) is 0. The van der Waals surface area contributed by atoms with Gasteiger partial charge in [0.25, 0.3) is 0 Å². The highest BCUT2D eigenvalue weighted by Crippen LogP contribution is 2.36. The van der Waals surface area contributed by atoms with Crippen LogP contribution in [0.1, 0.15) is 16.4 Å². The zero-order chi connectivity index (χ0) is 16.2. The molecule has 23 heavy (non-hydrogen) atoms. The summed E-state index contributed by atoms with van der Waals surface area (Å²) in [6, 6.07) is 18.3. The first kappa shape index (κ1) is 15.8. The van der Waals surface area contributed by atoms with E-state index in [9.17, 15) is 4.79 Å². The molecule has 0 aliphatic rings. The largest absolute Gasteiger partial charge is 0.466 e. The Balaban J connectivity index is 2.13. The monoisotopic (exact) mass is 342 g/mol. The SMILES string of the molecule is COC(=O)/C=C/[C@@H](c1ccc(Cl)s1)c1cccc2ccccc12. The highest BCUT2D eigenvalue weighted by molar-refractivity contribution is 7.16. The van der Waals surface area contributed by atoms with Crippen LogP contribution in [0.25, 0.3) is 10.8 Å². The summed E-state index contributed by atoms with van der Waals surface area (Å²) in [6.07, 6.45) is 3.34. The minimum Gasteiger partial charge on any atom is -0.466 e. The maximum Gasteiger partial charge on any atom is 0.330 e. The Labute approximate surface area is 144 Å². The fourth-order valence-corrected chi connectivity index (χ4v) is 3.77. The average Bonchev–Trinajstić information content (AvgIpc) is 3.01. The van der Waals surface area contributed by atoms with Gasteiger partial charge in [-0.05, 0) is 28.5 Å². The van der Waals surface area contributed by atoms with Crippen LogP contribution in [-0.2, 0) is 9.53 Å². The summed E-state index contributed by atoms with van der Waals surface area (Å²) >= 11 is 7.62. The number of fused-ring (bicyclic) bond motifs is 1. The first-order valence-electron chi connectivity index (χ1n) is 7.18. The van der Waals surface area contributed by atoms with Crippen LogP contribution in [0.15, 0.2) is 66.7 Å². The van der Waals surface area contributed by atoms with Gasteiger partial charge in [0.2, 0.25) is 0 Å². The second-order valence-corrected chi connectivity index (χ2v) is 6.82. The smallest absolute Gasteiger partial charge is 0.330 e. The summed E-state index contributed by atoms with van der Waals surface area (Å²) in [5.41, 5.74) is 1.14. The van der Waals surface area contributed by atoms with Crippen LogP contribution in [0.5, 0.6) is 0 Å². The van der Waals surface area contributed by atoms with E-state index in [0.717, 1.165) is 14.8 Å². The van der Waals surface area contributed by atoms with Crippen molar-refractivity contribution in [3.05, 3.63) is 81.5 Å². The van der Waals surface area contributed by atoms with E-state index < -0.39 is 0 Å². The van der Waals surface area contributed by atoms with E-state index in [1.54, 1.807) is 0 Å². The molecular weight excluding hydrogens is 328 g/mol. The van der Waals surface area contributed by atoms with Crippen LogP contribution in [0.3, 0.4) is 0 Å². The van der Waals surface area contributed by atoms with Crippen LogP contribution in [0.4, 0.5) is 0 Å². The molecule has 0 saturated carbocycles. The number of carbonyl (C=O) groups excluding carboxylic acids is 1. The van der Waals surface area contributed by atoms with E-state index in [4.69, 9.17) is 16.3 Å². The zero-order valence-electron chi connectivity index (χ0n) is 12.5. The van der Waals surface area contributed by atoms with E-state index >= 15 is 0 Å².